The fraction of sp³-hybridized carbons (Fsp3) is 0.617. The molecule has 2 aromatic rings. The van der Waals surface area contributed by atoms with Gasteiger partial charge in [-0.05, 0) is 82.9 Å². The fourth-order valence-electron chi connectivity index (χ4n) is 11.9. The molecule has 6 aliphatic rings. The summed E-state index contributed by atoms with van der Waals surface area (Å²) in [6, 6.07) is 1.24. The predicted molar refractivity (Wildman–Crippen MR) is 227 cm³/mol. The third-order valence-electron chi connectivity index (χ3n) is 15.2. The van der Waals surface area contributed by atoms with Gasteiger partial charge in [-0.25, -0.2) is 13.6 Å². The first-order valence-corrected chi connectivity index (χ1v) is 22.4. The monoisotopic (exact) mass is 893 g/mol. The molecule has 3 N–H and O–H groups in total. The number of esters is 3. The first-order chi connectivity index (χ1) is 30.4. The SMILES string of the molecule is COc1c(N2CCNC(C)C2)c(F)cc2c(=O)c(C(=O)OCCCOC(=O)CCC(=O)O[C@]3(C(=O)CO)CC[C@H]4C5CCC6=CC(=O)C=C[C@]6(C)[C@@]5(F)[C@@H](O)C[C@@]43C)cn(C3CC3)c12. The Labute approximate surface area is 369 Å². The van der Waals surface area contributed by atoms with Crippen LogP contribution in [-0.4, -0.2) is 114 Å². The van der Waals surface area contributed by atoms with Crippen LogP contribution in [0.1, 0.15) is 101 Å². The van der Waals surface area contributed by atoms with E-state index in [9.17, 15) is 39.0 Å². The van der Waals surface area contributed by atoms with Gasteiger partial charge in [0.15, 0.2) is 28.6 Å². The summed E-state index contributed by atoms with van der Waals surface area (Å²) in [6.07, 6.45) is 5.60. The van der Waals surface area contributed by atoms with Crippen molar-refractivity contribution in [2.24, 2.45) is 22.7 Å². The zero-order valence-corrected chi connectivity index (χ0v) is 36.7. The Morgan fingerprint density at radius 3 is 2.45 bits per heavy atom. The van der Waals surface area contributed by atoms with Crippen LogP contribution in [0.5, 0.6) is 5.75 Å². The van der Waals surface area contributed by atoms with E-state index in [1.54, 1.807) is 18.4 Å². The second-order valence-electron chi connectivity index (χ2n) is 18.8. The molecule has 1 aromatic carbocycles. The van der Waals surface area contributed by atoms with Crippen molar-refractivity contribution in [1.29, 1.82) is 0 Å². The Morgan fingerprint density at radius 1 is 1.02 bits per heavy atom. The maximum atomic E-state index is 17.6. The molecule has 8 rings (SSSR count). The van der Waals surface area contributed by atoms with Gasteiger partial charge in [-0.15, -0.1) is 0 Å². The Kier molecular flexibility index (Phi) is 12.2. The van der Waals surface area contributed by atoms with Crippen LogP contribution in [0.3, 0.4) is 0 Å². The summed E-state index contributed by atoms with van der Waals surface area (Å²) >= 11 is 0. The molecule has 2 heterocycles. The number of aliphatic hydroxyl groups is 2. The van der Waals surface area contributed by atoms with Crippen molar-refractivity contribution in [3.8, 4) is 5.75 Å². The van der Waals surface area contributed by atoms with Gasteiger partial charge in [0, 0.05) is 61.1 Å². The summed E-state index contributed by atoms with van der Waals surface area (Å²) in [6.45, 7) is 5.71. The van der Waals surface area contributed by atoms with E-state index >= 15 is 8.78 Å². The number of halogens is 2. The summed E-state index contributed by atoms with van der Waals surface area (Å²) in [7, 11) is 1.43. The lowest BCUT2D eigenvalue weighted by atomic mass is 9.44. The number of rotatable bonds is 14. The summed E-state index contributed by atoms with van der Waals surface area (Å²) in [5.74, 6) is -5.30. The minimum absolute atomic E-state index is 0.00641. The maximum Gasteiger partial charge on any atom is 0.343 e. The van der Waals surface area contributed by atoms with Crippen LogP contribution < -0.4 is 20.4 Å². The van der Waals surface area contributed by atoms with Crippen LogP contribution in [0.15, 0.2) is 40.9 Å². The Balaban J connectivity index is 0.867. The van der Waals surface area contributed by atoms with Gasteiger partial charge in [0.1, 0.15) is 17.9 Å². The number of benzene rings is 1. The van der Waals surface area contributed by atoms with Gasteiger partial charge in [0.25, 0.3) is 0 Å². The molecule has 5 aliphatic carbocycles. The summed E-state index contributed by atoms with van der Waals surface area (Å²) < 4.78 is 57.5. The number of ketones is 2. The lowest BCUT2D eigenvalue weighted by Crippen LogP contribution is -2.69. The van der Waals surface area contributed by atoms with Crippen molar-refractivity contribution in [3.63, 3.8) is 0 Å². The van der Waals surface area contributed by atoms with Gasteiger partial charge in [-0.3, -0.25) is 24.0 Å². The number of nitrogens with one attached hydrogen (secondary N) is 1. The minimum atomic E-state index is -2.17. The molecule has 8 atom stereocenters. The number of hydrogen-bond donors (Lipinski definition) is 3. The lowest BCUT2D eigenvalue weighted by Gasteiger charge is -2.62. The van der Waals surface area contributed by atoms with Crippen molar-refractivity contribution >= 4 is 46.1 Å². The maximum absolute atomic E-state index is 17.6. The van der Waals surface area contributed by atoms with E-state index in [-0.39, 0.29) is 79.2 Å². The normalized spacial score (nSPS) is 32.0. The van der Waals surface area contributed by atoms with Gasteiger partial charge in [-0.1, -0.05) is 18.6 Å². The van der Waals surface area contributed by atoms with Gasteiger partial charge in [-0.2, -0.15) is 0 Å². The summed E-state index contributed by atoms with van der Waals surface area (Å²) in [5.41, 5.74) is -6.25. The van der Waals surface area contributed by atoms with Gasteiger partial charge < -0.3 is 43.9 Å². The molecule has 15 nitrogen and oxygen atoms in total. The number of anilines is 1. The van der Waals surface area contributed by atoms with E-state index in [0.29, 0.717) is 43.6 Å². The number of Topliss-reactive ketones (excluding diaryl/α,β-unsaturated/α-hetero) is 1. The number of allylic oxidation sites excluding steroid dienone is 4. The Hall–Kier alpha value is -5.00. The molecule has 64 heavy (non-hydrogen) atoms. The van der Waals surface area contributed by atoms with E-state index < -0.39 is 94.4 Å². The van der Waals surface area contributed by atoms with Crippen molar-refractivity contribution in [2.45, 2.75) is 114 Å². The number of hydrogen-bond acceptors (Lipinski definition) is 14. The number of nitrogens with zero attached hydrogens (tertiary/aromatic N) is 2. The van der Waals surface area contributed by atoms with E-state index in [1.807, 2.05) is 11.8 Å². The molecule has 2 unspecified atom stereocenters. The second kappa shape index (κ2) is 17.1. The largest absolute Gasteiger partial charge is 0.492 e. The zero-order chi connectivity index (χ0) is 45.9. The molecule has 5 fully saturated rings. The Bertz CT molecular complexity index is 2400. The number of fused-ring (bicyclic) bond motifs is 6. The smallest absolute Gasteiger partial charge is 0.343 e. The number of piperazine rings is 1. The Morgan fingerprint density at radius 2 is 1.75 bits per heavy atom. The van der Waals surface area contributed by atoms with Crippen LogP contribution in [0.2, 0.25) is 0 Å². The standard InChI is InChI=1S/C47H57F2N3O12/c1-26-23-51(17-16-50-26)40-34(48)21-30-39(42(40)61-4)52(28-7-8-28)24-31(41(30)59)43(60)63-19-5-18-62-37(57)10-11-38(58)64-46(36(56)25-53)15-13-32-33-9-6-27-20-29(54)12-14-44(27,2)47(33,49)35(55)22-45(32,46)3/h12,14,20-21,24,26,28,32-33,35,50,53,55H,5-11,13,15-19,22-23,25H2,1-4H3/t26?,32-,33?,35-,44-,45-,46-,47-/m0/s1. The number of alkyl halides is 1. The number of aliphatic hydroxyl groups excluding tert-OH is 2. The average molecular weight is 894 g/mol. The first-order valence-electron chi connectivity index (χ1n) is 22.4. The van der Waals surface area contributed by atoms with Crippen molar-refractivity contribution < 1.29 is 61.9 Å². The molecule has 17 heteroatoms. The third-order valence-corrected chi connectivity index (χ3v) is 15.2. The lowest BCUT2D eigenvalue weighted by molar-refractivity contribution is -0.225. The molecule has 1 saturated heterocycles. The van der Waals surface area contributed by atoms with E-state index in [4.69, 9.17) is 18.9 Å². The molecular weight excluding hydrogens is 837 g/mol. The van der Waals surface area contributed by atoms with E-state index in [2.05, 4.69) is 5.32 Å². The van der Waals surface area contributed by atoms with E-state index in [1.165, 1.54) is 31.5 Å². The topological polar surface area (TPSA) is 200 Å². The molecule has 0 amide bonds. The average Bonchev–Trinajstić information content (AvgIpc) is 4.07. The zero-order valence-electron chi connectivity index (χ0n) is 36.7. The molecular formula is C47H57F2N3O12. The fourth-order valence-corrected chi connectivity index (χ4v) is 11.9. The van der Waals surface area contributed by atoms with Crippen LogP contribution >= 0.6 is 0 Å². The van der Waals surface area contributed by atoms with Crippen LogP contribution in [0, 0.1) is 28.5 Å². The number of carbonyl (C=O) groups is 5. The first kappa shape index (κ1) is 45.6. The van der Waals surface area contributed by atoms with Crippen LogP contribution in [0.25, 0.3) is 10.9 Å². The van der Waals surface area contributed by atoms with Crippen molar-refractivity contribution in [1.82, 2.24) is 9.88 Å². The molecule has 0 radical (unpaired) electrons. The number of pyridine rings is 1. The highest BCUT2D eigenvalue weighted by Crippen LogP contribution is 2.70. The van der Waals surface area contributed by atoms with Crippen LogP contribution in [0.4, 0.5) is 14.5 Å². The number of aromatic nitrogens is 1. The highest BCUT2D eigenvalue weighted by Gasteiger charge is 2.75. The number of ether oxygens (including phenoxy) is 4. The molecule has 346 valence electrons. The highest BCUT2D eigenvalue weighted by molar-refractivity contribution is 6.01. The van der Waals surface area contributed by atoms with Crippen LogP contribution in [-0.2, 0) is 33.4 Å². The number of carbonyl (C=O) groups excluding carboxylic acids is 5. The number of methoxy groups -OCH3 is 1. The van der Waals surface area contributed by atoms with E-state index in [0.717, 1.165) is 18.9 Å². The van der Waals surface area contributed by atoms with Crippen molar-refractivity contribution in [2.75, 3.05) is 51.5 Å². The summed E-state index contributed by atoms with van der Waals surface area (Å²) in [5, 5.41) is 25.1. The quantitative estimate of drug-likeness (QED) is 0.137. The molecule has 0 bridgehead atoms. The molecule has 1 aliphatic heterocycles. The molecule has 0 spiro atoms. The summed E-state index contributed by atoms with van der Waals surface area (Å²) in [4.78, 5) is 80.8. The second-order valence-corrected chi connectivity index (χ2v) is 18.8. The molecule has 1 aromatic heterocycles. The van der Waals surface area contributed by atoms with Gasteiger partial charge in [0.05, 0.1) is 50.2 Å². The highest BCUT2D eigenvalue weighted by atomic mass is 19.1. The molecule has 4 saturated carbocycles. The predicted octanol–water partition coefficient (Wildman–Crippen LogP) is 4.37. The van der Waals surface area contributed by atoms with Gasteiger partial charge in [0.2, 0.25) is 11.2 Å². The van der Waals surface area contributed by atoms with Crippen molar-refractivity contribution in [3.05, 3.63) is 57.7 Å². The minimum Gasteiger partial charge on any atom is -0.492 e. The van der Waals surface area contributed by atoms with Gasteiger partial charge >= 0.3 is 17.9 Å². The third kappa shape index (κ3) is 7.35.